The second-order valence-corrected chi connectivity index (χ2v) is 9.57. The van der Waals surface area contributed by atoms with Gasteiger partial charge in [0.15, 0.2) is 0 Å². The van der Waals surface area contributed by atoms with Crippen LogP contribution in [0, 0.1) is 6.92 Å². The number of carbonyl (C=O) groups excluding carboxylic acids is 1. The number of nitrogens with one attached hydrogen (secondary N) is 1. The van der Waals surface area contributed by atoms with Crippen LogP contribution in [-0.4, -0.2) is 38.6 Å². The van der Waals surface area contributed by atoms with E-state index in [9.17, 15) is 13.2 Å². The van der Waals surface area contributed by atoms with Gasteiger partial charge in [-0.3, -0.25) is 9.52 Å². The molecular weight excluding hydrogens is 392 g/mol. The van der Waals surface area contributed by atoms with E-state index in [1.54, 1.807) is 24.3 Å². The molecule has 0 spiro atoms. The molecule has 0 aliphatic carbocycles. The third-order valence-corrected chi connectivity index (χ3v) is 7.08. The molecule has 0 bridgehead atoms. The van der Waals surface area contributed by atoms with Gasteiger partial charge < -0.3 is 4.90 Å². The van der Waals surface area contributed by atoms with Crippen LogP contribution >= 0.6 is 11.8 Å². The van der Waals surface area contributed by atoms with Crippen LogP contribution in [-0.2, 0) is 10.0 Å². The van der Waals surface area contributed by atoms with Gasteiger partial charge in [-0.05, 0) is 56.4 Å². The summed E-state index contributed by atoms with van der Waals surface area (Å²) in [5.41, 5.74) is 2.01. The van der Waals surface area contributed by atoms with Crippen molar-refractivity contribution in [3.63, 3.8) is 0 Å². The first-order valence-corrected chi connectivity index (χ1v) is 12.2. The monoisotopic (exact) mass is 418 g/mol. The number of sulfonamides is 1. The SMILES string of the molecule is CSc1ccc(S(=O)(=O)Nc2ccc(C)cc2)cc1C(=O)N1CCCCCC1. The van der Waals surface area contributed by atoms with Crippen molar-refractivity contribution in [2.45, 2.75) is 42.4 Å². The molecule has 7 heteroatoms. The third-order valence-electron chi connectivity index (χ3n) is 4.91. The van der Waals surface area contributed by atoms with Crippen molar-refractivity contribution in [2.24, 2.45) is 0 Å². The Morgan fingerprint density at radius 2 is 1.64 bits per heavy atom. The van der Waals surface area contributed by atoms with Gasteiger partial charge >= 0.3 is 0 Å². The van der Waals surface area contributed by atoms with E-state index in [4.69, 9.17) is 0 Å². The molecule has 0 radical (unpaired) electrons. The molecule has 1 amide bonds. The van der Waals surface area contributed by atoms with Crippen LogP contribution in [0.1, 0.15) is 41.6 Å². The van der Waals surface area contributed by atoms with Crippen molar-refractivity contribution < 1.29 is 13.2 Å². The quantitative estimate of drug-likeness (QED) is 0.724. The number of carbonyl (C=O) groups is 1. The number of hydrogen-bond donors (Lipinski definition) is 1. The van der Waals surface area contributed by atoms with E-state index >= 15 is 0 Å². The maximum Gasteiger partial charge on any atom is 0.261 e. The molecule has 0 atom stereocenters. The number of rotatable bonds is 5. The number of nitrogens with zero attached hydrogens (tertiary/aromatic N) is 1. The number of hydrogen-bond acceptors (Lipinski definition) is 4. The molecule has 1 aliphatic rings. The highest BCUT2D eigenvalue weighted by atomic mass is 32.2. The van der Waals surface area contributed by atoms with Crippen molar-refractivity contribution >= 4 is 33.4 Å². The molecule has 150 valence electrons. The van der Waals surface area contributed by atoms with Crippen LogP contribution in [0.2, 0.25) is 0 Å². The predicted molar refractivity (Wildman–Crippen MR) is 115 cm³/mol. The highest BCUT2D eigenvalue weighted by Gasteiger charge is 2.23. The molecule has 5 nitrogen and oxygen atoms in total. The van der Waals surface area contributed by atoms with Gasteiger partial charge in [0.2, 0.25) is 0 Å². The van der Waals surface area contributed by atoms with Gasteiger partial charge in [-0.1, -0.05) is 30.5 Å². The smallest absolute Gasteiger partial charge is 0.261 e. The molecule has 1 N–H and O–H groups in total. The van der Waals surface area contributed by atoms with Crippen LogP contribution in [0.25, 0.3) is 0 Å². The second kappa shape index (κ2) is 9.01. The average molecular weight is 419 g/mol. The zero-order valence-electron chi connectivity index (χ0n) is 16.3. The van der Waals surface area contributed by atoms with E-state index in [0.29, 0.717) is 11.3 Å². The molecule has 2 aromatic rings. The van der Waals surface area contributed by atoms with E-state index < -0.39 is 10.0 Å². The number of amides is 1. The van der Waals surface area contributed by atoms with Gasteiger partial charge in [0.05, 0.1) is 10.5 Å². The summed E-state index contributed by atoms with van der Waals surface area (Å²) in [7, 11) is -3.78. The summed E-state index contributed by atoms with van der Waals surface area (Å²) in [5.74, 6) is -0.0846. The molecular formula is C21H26N2O3S2. The first-order valence-electron chi connectivity index (χ1n) is 9.47. The largest absolute Gasteiger partial charge is 0.339 e. The normalized spacial score (nSPS) is 15.1. The van der Waals surface area contributed by atoms with Crippen molar-refractivity contribution in [2.75, 3.05) is 24.1 Å². The number of benzene rings is 2. The number of thioether (sulfide) groups is 1. The van der Waals surface area contributed by atoms with Gasteiger partial charge in [0.1, 0.15) is 0 Å². The van der Waals surface area contributed by atoms with E-state index in [1.807, 2.05) is 30.2 Å². The fraction of sp³-hybridized carbons (Fsp3) is 0.381. The highest BCUT2D eigenvalue weighted by Crippen LogP contribution is 2.27. The van der Waals surface area contributed by atoms with Crippen LogP contribution in [0.3, 0.4) is 0 Å². The second-order valence-electron chi connectivity index (χ2n) is 7.04. The topological polar surface area (TPSA) is 66.5 Å². The van der Waals surface area contributed by atoms with Gasteiger partial charge in [0, 0.05) is 23.7 Å². The lowest BCUT2D eigenvalue weighted by Crippen LogP contribution is -2.32. The Bertz CT molecular complexity index is 933. The minimum absolute atomic E-state index is 0.0846. The summed E-state index contributed by atoms with van der Waals surface area (Å²) < 4.78 is 28.3. The Hall–Kier alpha value is -1.99. The van der Waals surface area contributed by atoms with E-state index in [1.165, 1.54) is 17.8 Å². The Balaban J connectivity index is 1.90. The summed E-state index contributed by atoms with van der Waals surface area (Å²) in [6.07, 6.45) is 6.15. The third kappa shape index (κ3) is 4.89. The van der Waals surface area contributed by atoms with Gasteiger partial charge in [-0.25, -0.2) is 8.42 Å². The molecule has 0 unspecified atom stereocenters. The molecule has 3 rings (SSSR count). The Kier molecular flexibility index (Phi) is 6.67. The number of anilines is 1. The molecule has 0 aromatic heterocycles. The maximum absolute atomic E-state index is 13.1. The van der Waals surface area contributed by atoms with Crippen LogP contribution < -0.4 is 4.72 Å². The lowest BCUT2D eigenvalue weighted by molar-refractivity contribution is 0.0758. The summed E-state index contributed by atoms with van der Waals surface area (Å²) >= 11 is 1.46. The summed E-state index contributed by atoms with van der Waals surface area (Å²) in [4.78, 5) is 15.9. The molecule has 1 saturated heterocycles. The van der Waals surface area contributed by atoms with E-state index in [2.05, 4.69) is 4.72 Å². The Morgan fingerprint density at radius 3 is 2.25 bits per heavy atom. The fourth-order valence-corrected chi connectivity index (χ4v) is 4.96. The van der Waals surface area contributed by atoms with Crippen LogP contribution in [0.15, 0.2) is 52.3 Å². The molecule has 1 aliphatic heterocycles. The first-order chi connectivity index (χ1) is 13.4. The number of aryl methyl sites for hydroxylation is 1. The summed E-state index contributed by atoms with van der Waals surface area (Å²) in [6, 6.07) is 11.9. The summed E-state index contributed by atoms with van der Waals surface area (Å²) in [6.45, 7) is 3.40. The summed E-state index contributed by atoms with van der Waals surface area (Å²) in [5, 5.41) is 0. The first kappa shape index (κ1) is 20.7. The highest BCUT2D eigenvalue weighted by molar-refractivity contribution is 7.98. The van der Waals surface area contributed by atoms with Crippen molar-refractivity contribution in [1.82, 2.24) is 4.90 Å². The van der Waals surface area contributed by atoms with Crippen molar-refractivity contribution in [1.29, 1.82) is 0 Å². The molecule has 2 aromatic carbocycles. The predicted octanol–water partition coefficient (Wildman–Crippen LogP) is 4.53. The van der Waals surface area contributed by atoms with E-state index in [-0.39, 0.29) is 10.8 Å². The lowest BCUT2D eigenvalue weighted by Gasteiger charge is -2.22. The Morgan fingerprint density at radius 1 is 1.00 bits per heavy atom. The van der Waals surface area contributed by atoms with Gasteiger partial charge in [-0.15, -0.1) is 11.8 Å². The standard InChI is InChI=1S/C21H26N2O3S2/c1-16-7-9-17(10-8-16)22-28(25,26)18-11-12-20(27-2)19(15-18)21(24)23-13-5-3-4-6-14-23/h7-12,15,22H,3-6,13-14H2,1-2H3. The van der Waals surface area contributed by atoms with Crippen molar-refractivity contribution in [3.05, 3.63) is 53.6 Å². The minimum Gasteiger partial charge on any atom is -0.339 e. The van der Waals surface area contributed by atoms with Crippen LogP contribution in [0.4, 0.5) is 5.69 Å². The average Bonchev–Trinajstić information content (AvgIpc) is 2.98. The fourth-order valence-electron chi connectivity index (χ4n) is 3.30. The van der Waals surface area contributed by atoms with Crippen LogP contribution in [0.5, 0.6) is 0 Å². The molecule has 28 heavy (non-hydrogen) atoms. The maximum atomic E-state index is 13.1. The number of likely N-dealkylation sites (tertiary alicyclic amines) is 1. The lowest BCUT2D eigenvalue weighted by atomic mass is 10.2. The minimum atomic E-state index is -3.78. The zero-order chi connectivity index (χ0) is 20.1. The van der Waals surface area contributed by atoms with Crippen molar-refractivity contribution in [3.8, 4) is 0 Å². The van der Waals surface area contributed by atoms with E-state index in [0.717, 1.165) is 49.2 Å². The van der Waals surface area contributed by atoms with Gasteiger partial charge in [0.25, 0.3) is 15.9 Å². The molecule has 1 fully saturated rings. The molecule has 1 heterocycles. The molecule has 0 saturated carbocycles. The Labute approximate surface area is 171 Å². The zero-order valence-corrected chi connectivity index (χ0v) is 17.9. The van der Waals surface area contributed by atoms with Gasteiger partial charge in [-0.2, -0.15) is 0 Å².